The van der Waals surface area contributed by atoms with Gasteiger partial charge in [-0.05, 0) is 20.8 Å². The molecule has 136 valence electrons. The summed E-state index contributed by atoms with van der Waals surface area (Å²) < 4.78 is 50.8. The first-order valence-electron chi connectivity index (χ1n) is 8.05. The summed E-state index contributed by atoms with van der Waals surface area (Å²) in [5.74, 6) is 0.365. The topological polar surface area (TPSA) is 48.2 Å². The second-order valence-electron chi connectivity index (χ2n) is 5.86. The first kappa shape index (κ1) is 18.0. The molecule has 0 spiro atoms. The second-order valence-corrected chi connectivity index (χ2v) is 5.86. The van der Waals surface area contributed by atoms with E-state index in [4.69, 9.17) is 9.26 Å². The van der Waals surface area contributed by atoms with Crippen molar-refractivity contribution in [1.29, 1.82) is 0 Å². The lowest BCUT2D eigenvalue weighted by Crippen LogP contribution is -2.10. The van der Waals surface area contributed by atoms with Gasteiger partial charge in [-0.2, -0.15) is 13.2 Å². The van der Waals surface area contributed by atoms with Gasteiger partial charge in [0.25, 0.3) is 0 Å². The highest BCUT2D eigenvalue weighted by atomic mass is 19.4. The maximum absolute atomic E-state index is 13.4. The number of ether oxygens (including phenoxy) is 1. The molecule has 0 unspecified atom stereocenters. The van der Waals surface area contributed by atoms with Crippen LogP contribution < -0.4 is 4.74 Å². The van der Waals surface area contributed by atoms with Crippen LogP contribution in [0.1, 0.15) is 23.9 Å². The monoisotopic (exact) mass is 362 g/mol. The van der Waals surface area contributed by atoms with E-state index in [0.717, 1.165) is 11.6 Å². The summed E-state index contributed by atoms with van der Waals surface area (Å²) in [4.78, 5) is 3.88. The first-order valence-corrected chi connectivity index (χ1v) is 8.05. The molecule has 0 atom stereocenters. The van der Waals surface area contributed by atoms with Gasteiger partial charge >= 0.3 is 6.18 Å². The number of halogens is 3. The van der Waals surface area contributed by atoms with Crippen LogP contribution in [-0.4, -0.2) is 16.7 Å². The second kappa shape index (κ2) is 6.82. The van der Waals surface area contributed by atoms with Gasteiger partial charge in [-0.3, -0.25) is 0 Å². The molecule has 0 fully saturated rings. The van der Waals surface area contributed by atoms with Crippen molar-refractivity contribution in [3.8, 4) is 28.3 Å². The van der Waals surface area contributed by atoms with Gasteiger partial charge in [-0.25, -0.2) is 4.98 Å². The Balaban J connectivity index is 2.33. The molecule has 2 heterocycles. The number of aryl methyl sites for hydroxylation is 2. The number of hydrogen-bond donors (Lipinski definition) is 0. The van der Waals surface area contributed by atoms with E-state index < -0.39 is 11.9 Å². The molecule has 2 aromatic heterocycles. The number of benzene rings is 1. The molecule has 0 saturated carbocycles. The van der Waals surface area contributed by atoms with E-state index >= 15 is 0 Å². The van der Waals surface area contributed by atoms with Crippen LogP contribution in [0, 0.1) is 13.8 Å². The smallest absolute Gasteiger partial charge is 0.433 e. The lowest BCUT2D eigenvalue weighted by Gasteiger charge is -2.16. The first-order chi connectivity index (χ1) is 12.3. The third-order valence-electron chi connectivity index (χ3n) is 3.77. The lowest BCUT2D eigenvalue weighted by molar-refractivity contribution is -0.141. The lowest BCUT2D eigenvalue weighted by atomic mass is 10.0. The summed E-state index contributed by atoms with van der Waals surface area (Å²) in [5, 5.41) is 3.83. The van der Waals surface area contributed by atoms with E-state index in [1.54, 1.807) is 32.0 Å². The van der Waals surface area contributed by atoms with Crippen molar-refractivity contribution in [3.63, 3.8) is 0 Å². The molecule has 0 aliphatic rings. The number of alkyl halides is 3. The predicted octanol–water partition coefficient (Wildman–Crippen LogP) is 5.44. The molecule has 26 heavy (non-hydrogen) atoms. The normalized spacial score (nSPS) is 11.6. The van der Waals surface area contributed by atoms with Crippen molar-refractivity contribution < 1.29 is 22.4 Å². The Kier molecular flexibility index (Phi) is 4.71. The standard InChI is InChI=1S/C19H17F3N2O2/c1-4-25-14-10-16(19(20,21)22)23-18(13-7-5-11(2)6-8-13)17(14)15-9-12(3)24-26-15/h5-10H,4H2,1-3H3. The van der Waals surface area contributed by atoms with Crippen LogP contribution >= 0.6 is 0 Å². The van der Waals surface area contributed by atoms with Gasteiger partial charge in [-0.1, -0.05) is 35.0 Å². The molecule has 3 rings (SSSR count). The molecular formula is C19H17F3N2O2. The van der Waals surface area contributed by atoms with Crippen LogP contribution in [0.5, 0.6) is 5.75 Å². The third kappa shape index (κ3) is 3.56. The number of aromatic nitrogens is 2. The minimum Gasteiger partial charge on any atom is -0.493 e. The van der Waals surface area contributed by atoms with E-state index in [0.29, 0.717) is 22.6 Å². The summed E-state index contributed by atoms with van der Waals surface area (Å²) >= 11 is 0. The maximum Gasteiger partial charge on any atom is 0.433 e. The van der Waals surface area contributed by atoms with Gasteiger partial charge in [0.1, 0.15) is 11.4 Å². The highest BCUT2D eigenvalue weighted by Gasteiger charge is 2.35. The Morgan fingerprint density at radius 1 is 1.08 bits per heavy atom. The van der Waals surface area contributed by atoms with Crippen molar-refractivity contribution in [2.45, 2.75) is 26.9 Å². The van der Waals surface area contributed by atoms with Gasteiger partial charge in [-0.15, -0.1) is 0 Å². The summed E-state index contributed by atoms with van der Waals surface area (Å²) in [7, 11) is 0. The summed E-state index contributed by atoms with van der Waals surface area (Å²) in [6, 6.07) is 9.61. The average Bonchev–Trinajstić information content (AvgIpc) is 3.00. The van der Waals surface area contributed by atoms with Crippen LogP contribution in [-0.2, 0) is 6.18 Å². The third-order valence-corrected chi connectivity index (χ3v) is 3.77. The van der Waals surface area contributed by atoms with Crippen molar-refractivity contribution >= 4 is 0 Å². The molecule has 1 aromatic carbocycles. The minimum absolute atomic E-state index is 0.0570. The van der Waals surface area contributed by atoms with Crippen LogP contribution in [0.2, 0.25) is 0 Å². The Hall–Kier alpha value is -2.83. The number of rotatable bonds is 4. The molecule has 3 aromatic rings. The van der Waals surface area contributed by atoms with Crippen LogP contribution in [0.15, 0.2) is 40.9 Å². The Bertz CT molecular complexity index is 916. The summed E-state index contributed by atoms with van der Waals surface area (Å²) in [6.07, 6.45) is -4.60. The quantitative estimate of drug-likeness (QED) is 0.620. The minimum atomic E-state index is -4.60. The van der Waals surface area contributed by atoms with Gasteiger partial charge in [0.2, 0.25) is 0 Å². The highest BCUT2D eigenvalue weighted by Crippen LogP contribution is 2.42. The fourth-order valence-corrected chi connectivity index (χ4v) is 2.58. The van der Waals surface area contributed by atoms with Gasteiger partial charge in [0, 0.05) is 17.7 Å². The predicted molar refractivity (Wildman–Crippen MR) is 90.8 cm³/mol. The Morgan fingerprint density at radius 2 is 1.77 bits per heavy atom. The SMILES string of the molecule is CCOc1cc(C(F)(F)F)nc(-c2ccc(C)cc2)c1-c1cc(C)no1. The van der Waals surface area contributed by atoms with E-state index in [2.05, 4.69) is 10.1 Å². The van der Waals surface area contributed by atoms with Crippen LogP contribution in [0.25, 0.3) is 22.6 Å². The fourth-order valence-electron chi connectivity index (χ4n) is 2.58. The number of nitrogens with zero attached hydrogens (tertiary/aromatic N) is 2. The molecule has 0 amide bonds. The van der Waals surface area contributed by atoms with Crippen molar-refractivity contribution in [1.82, 2.24) is 10.1 Å². The Labute approximate surface area is 148 Å². The summed E-state index contributed by atoms with van der Waals surface area (Å²) in [5.41, 5.74) is 1.60. The highest BCUT2D eigenvalue weighted by molar-refractivity contribution is 5.83. The van der Waals surface area contributed by atoms with E-state index in [1.165, 1.54) is 0 Å². The van der Waals surface area contributed by atoms with Gasteiger partial charge in [0.05, 0.1) is 23.6 Å². The molecule has 4 nitrogen and oxygen atoms in total. The number of hydrogen-bond acceptors (Lipinski definition) is 4. The number of pyridine rings is 1. The van der Waals surface area contributed by atoms with E-state index in [1.807, 2.05) is 19.1 Å². The zero-order chi connectivity index (χ0) is 18.9. The average molecular weight is 362 g/mol. The molecule has 0 aliphatic heterocycles. The van der Waals surface area contributed by atoms with Crippen LogP contribution in [0.4, 0.5) is 13.2 Å². The maximum atomic E-state index is 13.4. The van der Waals surface area contributed by atoms with Crippen molar-refractivity contribution in [2.75, 3.05) is 6.61 Å². The van der Waals surface area contributed by atoms with Crippen molar-refractivity contribution in [2.24, 2.45) is 0 Å². The molecular weight excluding hydrogens is 345 g/mol. The largest absolute Gasteiger partial charge is 0.493 e. The van der Waals surface area contributed by atoms with Gasteiger partial charge < -0.3 is 9.26 Å². The molecule has 0 radical (unpaired) electrons. The van der Waals surface area contributed by atoms with Crippen LogP contribution in [0.3, 0.4) is 0 Å². The molecule has 0 saturated heterocycles. The summed E-state index contributed by atoms with van der Waals surface area (Å²) in [6.45, 7) is 5.54. The van der Waals surface area contributed by atoms with Gasteiger partial charge in [0.15, 0.2) is 5.76 Å². The molecule has 7 heteroatoms. The fraction of sp³-hybridized carbons (Fsp3) is 0.263. The molecule has 0 bridgehead atoms. The van der Waals surface area contributed by atoms with Crippen molar-refractivity contribution in [3.05, 3.63) is 53.3 Å². The molecule has 0 N–H and O–H groups in total. The zero-order valence-electron chi connectivity index (χ0n) is 14.5. The van der Waals surface area contributed by atoms with E-state index in [-0.39, 0.29) is 18.1 Å². The Morgan fingerprint density at radius 3 is 2.31 bits per heavy atom. The molecule has 0 aliphatic carbocycles. The van der Waals surface area contributed by atoms with E-state index in [9.17, 15) is 13.2 Å². The zero-order valence-corrected chi connectivity index (χ0v) is 14.5.